The molecule has 1 aliphatic heterocycles. The monoisotopic (exact) mass is 412 g/mol. The highest BCUT2D eigenvalue weighted by Gasteiger charge is 2.31. The second kappa shape index (κ2) is 8.81. The van der Waals surface area contributed by atoms with Gasteiger partial charge in [0.1, 0.15) is 5.82 Å². The Morgan fingerprint density at radius 3 is 2.71 bits per heavy atom. The number of nitrogens with one attached hydrogen (secondary N) is 1. The zero-order valence-electron chi connectivity index (χ0n) is 15.6. The van der Waals surface area contributed by atoms with E-state index in [2.05, 4.69) is 10.3 Å². The molecule has 1 fully saturated rings. The van der Waals surface area contributed by atoms with Crippen LogP contribution >= 0.6 is 11.3 Å². The Labute approximate surface area is 166 Å². The Morgan fingerprint density at radius 1 is 1.25 bits per heavy atom. The van der Waals surface area contributed by atoms with E-state index < -0.39 is 11.7 Å². The first-order valence-electron chi connectivity index (χ1n) is 9.19. The van der Waals surface area contributed by atoms with Crippen LogP contribution in [0.5, 0.6) is 0 Å². The lowest BCUT2D eigenvalue weighted by atomic mass is 10.2. The Kier molecular flexibility index (Phi) is 6.43. The summed E-state index contributed by atoms with van der Waals surface area (Å²) in [7, 11) is 0. The van der Waals surface area contributed by atoms with E-state index in [0.29, 0.717) is 32.0 Å². The first-order valence-corrected chi connectivity index (χ1v) is 10.1. The molecule has 2 amide bonds. The third kappa shape index (κ3) is 5.37. The molecule has 2 aromatic heterocycles. The number of rotatable bonds is 4. The van der Waals surface area contributed by atoms with Crippen LogP contribution in [-0.2, 0) is 12.6 Å². The summed E-state index contributed by atoms with van der Waals surface area (Å²) in [6.07, 6.45) is -2.01. The molecule has 1 unspecified atom stereocenters. The second-order valence-corrected chi connectivity index (χ2v) is 7.90. The number of anilines is 1. The molecule has 0 aliphatic carbocycles. The molecule has 3 rings (SSSR count). The molecular weight excluding hydrogens is 389 g/mol. The van der Waals surface area contributed by atoms with Crippen molar-refractivity contribution in [2.45, 2.75) is 32.0 Å². The molecule has 0 aromatic carbocycles. The van der Waals surface area contributed by atoms with Crippen LogP contribution in [0.4, 0.5) is 23.8 Å². The summed E-state index contributed by atoms with van der Waals surface area (Å²) in [6, 6.07) is 6.40. The molecule has 1 saturated heterocycles. The summed E-state index contributed by atoms with van der Waals surface area (Å²) in [6.45, 7) is 4.26. The van der Waals surface area contributed by atoms with Gasteiger partial charge in [0.2, 0.25) is 0 Å². The quantitative estimate of drug-likeness (QED) is 0.825. The SMILES string of the molecule is CC(Cc1cccs1)NC(=O)N1CCCN(c2ccc(C(F)(F)F)cn2)CC1. The number of aromatic nitrogens is 1. The van der Waals surface area contributed by atoms with Crippen LogP contribution in [-0.4, -0.2) is 48.1 Å². The van der Waals surface area contributed by atoms with Crippen molar-refractivity contribution in [1.82, 2.24) is 15.2 Å². The zero-order valence-corrected chi connectivity index (χ0v) is 16.4. The number of hydrogen-bond donors (Lipinski definition) is 1. The standard InChI is InChI=1S/C19H23F3N4OS/c1-14(12-16-4-2-11-28-16)24-18(27)26-8-3-7-25(9-10-26)17-6-5-15(13-23-17)19(20,21)22/h2,4-6,11,13-14H,3,7-10,12H2,1H3,(H,24,27). The van der Waals surface area contributed by atoms with Crippen molar-refractivity contribution in [2.75, 3.05) is 31.1 Å². The first-order chi connectivity index (χ1) is 13.3. The molecule has 0 spiro atoms. The normalized spacial score (nSPS) is 16.6. The van der Waals surface area contributed by atoms with Gasteiger partial charge in [-0.2, -0.15) is 13.2 Å². The predicted octanol–water partition coefficient (Wildman–Crippen LogP) is 4.01. The zero-order chi connectivity index (χ0) is 20.1. The smallest absolute Gasteiger partial charge is 0.355 e. The van der Waals surface area contributed by atoms with Gasteiger partial charge in [-0.1, -0.05) is 6.07 Å². The number of carbonyl (C=O) groups is 1. The molecule has 152 valence electrons. The van der Waals surface area contributed by atoms with Crippen molar-refractivity contribution in [3.63, 3.8) is 0 Å². The molecule has 1 aliphatic rings. The van der Waals surface area contributed by atoms with Crippen LogP contribution in [0.3, 0.4) is 0 Å². The number of hydrogen-bond acceptors (Lipinski definition) is 4. The molecule has 28 heavy (non-hydrogen) atoms. The fourth-order valence-electron chi connectivity index (χ4n) is 3.17. The molecule has 0 bridgehead atoms. The van der Waals surface area contributed by atoms with Crippen LogP contribution in [0, 0.1) is 0 Å². The van der Waals surface area contributed by atoms with Crippen LogP contribution in [0.1, 0.15) is 23.8 Å². The van der Waals surface area contributed by atoms with E-state index in [4.69, 9.17) is 0 Å². The average molecular weight is 412 g/mol. The molecule has 2 aromatic rings. The minimum Gasteiger partial charge on any atom is -0.355 e. The van der Waals surface area contributed by atoms with Crippen molar-refractivity contribution >= 4 is 23.2 Å². The molecule has 9 heteroatoms. The number of carbonyl (C=O) groups excluding carboxylic acids is 1. The highest BCUT2D eigenvalue weighted by Crippen LogP contribution is 2.29. The van der Waals surface area contributed by atoms with Gasteiger partial charge in [0.05, 0.1) is 5.56 Å². The van der Waals surface area contributed by atoms with Gasteiger partial charge in [0, 0.05) is 49.7 Å². The Hall–Kier alpha value is -2.29. The highest BCUT2D eigenvalue weighted by atomic mass is 32.1. The second-order valence-electron chi connectivity index (χ2n) is 6.86. The Bertz CT molecular complexity index is 764. The average Bonchev–Trinajstić information content (AvgIpc) is 3.02. The number of urea groups is 1. The third-order valence-electron chi connectivity index (χ3n) is 4.64. The third-order valence-corrected chi connectivity index (χ3v) is 5.54. The lowest BCUT2D eigenvalue weighted by Gasteiger charge is -2.24. The van der Waals surface area contributed by atoms with E-state index >= 15 is 0 Å². The van der Waals surface area contributed by atoms with E-state index in [-0.39, 0.29) is 12.1 Å². The predicted molar refractivity (Wildman–Crippen MR) is 104 cm³/mol. The van der Waals surface area contributed by atoms with Crippen LogP contribution in [0.15, 0.2) is 35.8 Å². The van der Waals surface area contributed by atoms with Crippen molar-refractivity contribution in [1.29, 1.82) is 0 Å². The van der Waals surface area contributed by atoms with E-state index in [1.54, 1.807) is 16.2 Å². The van der Waals surface area contributed by atoms with E-state index in [0.717, 1.165) is 25.1 Å². The summed E-state index contributed by atoms with van der Waals surface area (Å²) in [5, 5.41) is 5.05. The summed E-state index contributed by atoms with van der Waals surface area (Å²) in [4.78, 5) is 21.4. The highest BCUT2D eigenvalue weighted by molar-refractivity contribution is 7.09. The lowest BCUT2D eigenvalue weighted by molar-refractivity contribution is -0.137. The van der Waals surface area contributed by atoms with Crippen molar-refractivity contribution in [2.24, 2.45) is 0 Å². The van der Waals surface area contributed by atoms with Crippen molar-refractivity contribution in [3.05, 3.63) is 46.3 Å². The molecule has 0 radical (unpaired) electrons. The largest absolute Gasteiger partial charge is 0.417 e. The number of nitrogens with zero attached hydrogens (tertiary/aromatic N) is 3. The van der Waals surface area contributed by atoms with Gasteiger partial charge in [-0.15, -0.1) is 11.3 Å². The van der Waals surface area contributed by atoms with Crippen LogP contribution in [0.25, 0.3) is 0 Å². The summed E-state index contributed by atoms with van der Waals surface area (Å²) in [5.74, 6) is 0.501. The van der Waals surface area contributed by atoms with Crippen molar-refractivity contribution in [3.8, 4) is 0 Å². The molecule has 5 nitrogen and oxygen atoms in total. The first kappa shape index (κ1) is 20.4. The molecule has 3 heterocycles. The van der Waals surface area contributed by atoms with Crippen molar-refractivity contribution < 1.29 is 18.0 Å². The summed E-state index contributed by atoms with van der Waals surface area (Å²) in [5.41, 5.74) is -0.758. The van der Waals surface area contributed by atoms with Gasteiger partial charge in [-0.3, -0.25) is 0 Å². The lowest BCUT2D eigenvalue weighted by Crippen LogP contribution is -2.45. The fraction of sp³-hybridized carbons (Fsp3) is 0.474. The van der Waals surface area contributed by atoms with E-state index in [1.807, 2.05) is 29.3 Å². The molecular formula is C19H23F3N4OS. The number of alkyl halides is 3. The summed E-state index contributed by atoms with van der Waals surface area (Å²) < 4.78 is 38.1. The van der Waals surface area contributed by atoms with Gasteiger partial charge in [-0.05, 0) is 36.9 Å². The van der Waals surface area contributed by atoms with E-state index in [9.17, 15) is 18.0 Å². The maximum Gasteiger partial charge on any atom is 0.417 e. The number of pyridine rings is 1. The molecule has 0 saturated carbocycles. The van der Waals surface area contributed by atoms with Gasteiger partial charge >= 0.3 is 12.2 Å². The summed E-state index contributed by atoms with van der Waals surface area (Å²) >= 11 is 1.67. The van der Waals surface area contributed by atoms with E-state index in [1.165, 1.54) is 10.9 Å². The number of halogens is 3. The number of amides is 2. The Morgan fingerprint density at radius 2 is 2.07 bits per heavy atom. The number of thiophene rings is 1. The topological polar surface area (TPSA) is 48.5 Å². The van der Waals surface area contributed by atoms with Gasteiger partial charge < -0.3 is 15.1 Å². The Balaban J connectivity index is 1.53. The van der Waals surface area contributed by atoms with Gasteiger partial charge in [0.25, 0.3) is 0 Å². The van der Waals surface area contributed by atoms with Gasteiger partial charge in [0.15, 0.2) is 0 Å². The van der Waals surface area contributed by atoms with Crippen LogP contribution in [0.2, 0.25) is 0 Å². The fourth-order valence-corrected chi connectivity index (χ4v) is 4.01. The minimum absolute atomic E-state index is 0.0297. The molecule has 1 N–H and O–H groups in total. The van der Waals surface area contributed by atoms with Gasteiger partial charge in [-0.25, -0.2) is 9.78 Å². The minimum atomic E-state index is -4.39. The van der Waals surface area contributed by atoms with Crippen LogP contribution < -0.4 is 10.2 Å². The molecule has 1 atom stereocenters. The maximum absolute atomic E-state index is 12.7. The maximum atomic E-state index is 12.7.